The maximum Gasteiger partial charge on any atom is 0.279 e. The van der Waals surface area contributed by atoms with Gasteiger partial charge < -0.3 is 14.7 Å². The Kier molecular flexibility index (Phi) is 4.14. The first-order chi connectivity index (χ1) is 10.3. The monoisotopic (exact) mass is 345 g/mol. The zero-order chi connectivity index (χ0) is 16.1. The largest absolute Gasteiger partial charge is 0.382 e. The van der Waals surface area contributed by atoms with Gasteiger partial charge in [0.25, 0.3) is 5.24 Å². The number of likely N-dealkylation sites (tertiary alicyclic amines) is 1. The molecule has 1 aromatic carbocycles. The SMILES string of the molecule is Cc1ccccc1C[C@]1(O)C(F)O[C@H]2C(Cl)CN(C(=O)S)[C@H]21. The normalized spacial score (nSPS) is 37.4. The van der Waals surface area contributed by atoms with E-state index >= 15 is 0 Å². The summed E-state index contributed by atoms with van der Waals surface area (Å²) in [4.78, 5) is 13.0. The minimum absolute atomic E-state index is 0.0448. The molecule has 0 radical (unpaired) electrons. The lowest BCUT2D eigenvalue weighted by atomic mass is 9.85. The molecule has 2 saturated heterocycles. The number of alkyl halides is 2. The van der Waals surface area contributed by atoms with Gasteiger partial charge >= 0.3 is 0 Å². The fraction of sp³-hybridized carbons (Fsp3) is 0.533. The molecule has 0 spiro atoms. The minimum Gasteiger partial charge on any atom is -0.382 e. The van der Waals surface area contributed by atoms with Crippen molar-refractivity contribution in [3.8, 4) is 0 Å². The maximum atomic E-state index is 14.4. The summed E-state index contributed by atoms with van der Waals surface area (Å²) in [6.07, 6.45) is -2.59. The van der Waals surface area contributed by atoms with Gasteiger partial charge in [-0.3, -0.25) is 4.79 Å². The summed E-state index contributed by atoms with van der Waals surface area (Å²) < 4.78 is 19.7. The summed E-state index contributed by atoms with van der Waals surface area (Å²) in [5.41, 5.74) is -0.0871. The van der Waals surface area contributed by atoms with Gasteiger partial charge in [-0.25, -0.2) is 4.39 Å². The molecule has 22 heavy (non-hydrogen) atoms. The standard InChI is InChI=1S/C15H17ClFNO3S/c1-8-4-2-3-5-9(8)6-15(20)12-11(21-13(15)17)10(16)7-18(12)14(19)22/h2-5,10-13,20H,6-7H2,1H3,(H,19,22)/t10?,11-,12+,13?,15+/m0/s1. The van der Waals surface area contributed by atoms with Crippen molar-refractivity contribution in [2.24, 2.45) is 0 Å². The number of nitrogens with zero attached hydrogens (tertiary/aromatic N) is 1. The van der Waals surface area contributed by atoms with Crippen LogP contribution in [0.3, 0.4) is 0 Å². The fourth-order valence-electron chi connectivity index (χ4n) is 3.38. The van der Waals surface area contributed by atoms with E-state index in [1.165, 1.54) is 4.90 Å². The van der Waals surface area contributed by atoms with Crippen LogP contribution in [0.25, 0.3) is 0 Å². The molecule has 0 aliphatic carbocycles. The number of thiol groups is 1. The van der Waals surface area contributed by atoms with Crippen molar-refractivity contribution >= 4 is 29.5 Å². The van der Waals surface area contributed by atoms with E-state index < -0.39 is 34.7 Å². The number of aryl methyl sites for hydroxylation is 1. The molecule has 4 nitrogen and oxygen atoms in total. The Labute approximate surface area is 138 Å². The topological polar surface area (TPSA) is 49.8 Å². The lowest BCUT2D eigenvalue weighted by Crippen LogP contribution is -2.55. The Bertz CT molecular complexity index is 604. The first-order valence-electron chi connectivity index (χ1n) is 7.04. The molecular formula is C15H17ClFNO3S. The van der Waals surface area contributed by atoms with E-state index in [2.05, 4.69) is 12.6 Å². The summed E-state index contributed by atoms with van der Waals surface area (Å²) in [6, 6.07) is 6.58. The molecule has 120 valence electrons. The molecule has 1 amide bonds. The molecule has 1 N–H and O–H groups in total. The maximum absolute atomic E-state index is 14.4. The first-order valence-corrected chi connectivity index (χ1v) is 7.93. The van der Waals surface area contributed by atoms with Crippen LogP contribution in [-0.4, -0.2) is 51.3 Å². The van der Waals surface area contributed by atoms with Crippen molar-refractivity contribution < 1.29 is 19.0 Å². The number of amides is 1. The highest BCUT2D eigenvalue weighted by Gasteiger charge is 2.64. The zero-order valence-corrected chi connectivity index (χ0v) is 13.6. The van der Waals surface area contributed by atoms with Crippen LogP contribution in [0.4, 0.5) is 9.18 Å². The number of hydrogen-bond donors (Lipinski definition) is 2. The molecule has 2 aliphatic heterocycles. The highest BCUT2D eigenvalue weighted by Crippen LogP contribution is 2.44. The van der Waals surface area contributed by atoms with Crippen molar-refractivity contribution in [3.63, 3.8) is 0 Å². The van der Waals surface area contributed by atoms with E-state index in [-0.39, 0.29) is 13.0 Å². The molecule has 1 aromatic rings. The number of hydrogen-bond acceptors (Lipinski definition) is 3. The van der Waals surface area contributed by atoms with Crippen molar-refractivity contribution in [2.75, 3.05) is 6.54 Å². The smallest absolute Gasteiger partial charge is 0.279 e. The summed E-state index contributed by atoms with van der Waals surface area (Å²) in [6.45, 7) is 2.07. The molecule has 0 aromatic heterocycles. The molecule has 5 atom stereocenters. The molecule has 2 heterocycles. The van der Waals surface area contributed by atoms with Crippen LogP contribution in [-0.2, 0) is 11.2 Å². The number of carbonyl (C=O) groups excluding carboxylic acids is 1. The van der Waals surface area contributed by atoms with Crippen LogP contribution in [0.15, 0.2) is 24.3 Å². The number of halogens is 2. The van der Waals surface area contributed by atoms with Crippen molar-refractivity contribution in [1.29, 1.82) is 0 Å². The van der Waals surface area contributed by atoms with Gasteiger partial charge in [-0.05, 0) is 18.1 Å². The minimum atomic E-state index is -1.90. The third-order valence-electron chi connectivity index (χ3n) is 4.54. The second-order valence-corrected chi connectivity index (χ2v) is 6.85. The zero-order valence-electron chi connectivity index (χ0n) is 11.9. The Morgan fingerprint density at radius 1 is 1.59 bits per heavy atom. The summed E-state index contributed by atoms with van der Waals surface area (Å²) in [5, 5.41) is 9.85. The van der Waals surface area contributed by atoms with Gasteiger partial charge in [-0.2, -0.15) is 0 Å². The van der Waals surface area contributed by atoms with E-state index in [1.54, 1.807) is 0 Å². The lowest BCUT2D eigenvalue weighted by molar-refractivity contribution is -0.129. The predicted molar refractivity (Wildman–Crippen MR) is 84.1 cm³/mol. The van der Waals surface area contributed by atoms with E-state index in [0.717, 1.165) is 11.1 Å². The Morgan fingerprint density at radius 3 is 2.91 bits per heavy atom. The van der Waals surface area contributed by atoms with Gasteiger partial charge in [-0.15, -0.1) is 11.6 Å². The summed E-state index contributed by atoms with van der Waals surface area (Å²) >= 11 is 9.96. The fourth-order valence-corrected chi connectivity index (χ4v) is 3.93. The third-order valence-corrected chi connectivity index (χ3v) is 5.18. The Balaban J connectivity index is 1.96. The van der Waals surface area contributed by atoms with Crippen molar-refractivity contribution in [1.82, 2.24) is 4.90 Å². The van der Waals surface area contributed by atoms with Gasteiger partial charge in [0.15, 0.2) is 0 Å². The predicted octanol–water partition coefficient (Wildman–Crippen LogP) is 2.30. The second kappa shape index (κ2) is 5.67. The molecule has 2 fully saturated rings. The number of aliphatic hydroxyl groups is 1. The number of fused-ring (bicyclic) bond motifs is 1. The summed E-state index contributed by atoms with van der Waals surface area (Å²) in [5.74, 6) is 0. The summed E-state index contributed by atoms with van der Waals surface area (Å²) in [7, 11) is 0. The molecule has 7 heteroatoms. The van der Waals surface area contributed by atoms with Crippen molar-refractivity contribution in [3.05, 3.63) is 35.4 Å². The third kappa shape index (κ3) is 2.42. The van der Waals surface area contributed by atoms with E-state index in [4.69, 9.17) is 16.3 Å². The molecule has 2 aliphatic rings. The van der Waals surface area contributed by atoms with Crippen LogP contribution in [0.2, 0.25) is 0 Å². The highest BCUT2D eigenvalue weighted by atomic mass is 35.5. The van der Waals surface area contributed by atoms with E-state index in [0.29, 0.717) is 0 Å². The van der Waals surface area contributed by atoms with Gasteiger partial charge in [0.2, 0.25) is 6.36 Å². The first kappa shape index (κ1) is 16.1. The molecule has 0 bridgehead atoms. The number of carbonyl (C=O) groups is 1. The number of rotatable bonds is 2. The van der Waals surface area contributed by atoms with Crippen LogP contribution in [0, 0.1) is 6.92 Å². The van der Waals surface area contributed by atoms with E-state index in [9.17, 15) is 14.3 Å². The molecule has 0 saturated carbocycles. The lowest BCUT2D eigenvalue weighted by Gasteiger charge is -2.34. The Hall–Kier alpha value is -0.820. The molecular weight excluding hydrogens is 329 g/mol. The quantitative estimate of drug-likeness (QED) is 0.639. The second-order valence-electron chi connectivity index (χ2n) is 5.91. The van der Waals surface area contributed by atoms with Crippen LogP contribution >= 0.6 is 24.2 Å². The van der Waals surface area contributed by atoms with Crippen LogP contribution in [0.5, 0.6) is 0 Å². The Morgan fingerprint density at radius 2 is 2.27 bits per heavy atom. The van der Waals surface area contributed by atoms with Crippen LogP contribution < -0.4 is 0 Å². The average molecular weight is 346 g/mol. The van der Waals surface area contributed by atoms with Crippen molar-refractivity contribution in [2.45, 2.75) is 42.8 Å². The highest BCUT2D eigenvalue weighted by molar-refractivity contribution is 7.96. The van der Waals surface area contributed by atoms with Gasteiger partial charge in [0.05, 0.1) is 11.4 Å². The van der Waals surface area contributed by atoms with Gasteiger partial charge in [0.1, 0.15) is 11.7 Å². The van der Waals surface area contributed by atoms with Gasteiger partial charge in [-0.1, -0.05) is 36.9 Å². The number of ether oxygens (including phenoxy) is 1. The molecule has 2 unspecified atom stereocenters. The molecule has 3 rings (SSSR count). The van der Waals surface area contributed by atoms with Crippen LogP contribution in [0.1, 0.15) is 11.1 Å². The average Bonchev–Trinajstić information content (AvgIpc) is 2.91. The number of benzene rings is 1. The van der Waals surface area contributed by atoms with Gasteiger partial charge in [0, 0.05) is 13.0 Å². The van der Waals surface area contributed by atoms with E-state index in [1.807, 2.05) is 31.2 Å².